The molecule has 6 heteroatoms. The van der Waals surface area contributed by atoms with E-state index in [9.17, 15) is 17.6 Å². The topological polar surface area (TPSA) is 29.3 Å². The molecular formula is C9H16F4N2. The highest BCUT2D eigenvalue weighted by Gasteiger charge is 2.36. The Morgan fingerprint density at radius 2 is 1.53 bits per heavy atom. The first kappa shape index (κ1) is 14.1. The molecule has 0 unspecified atom stereocenters. The number of nitrogens with two attached hydrogens (primary N) is 1. The zero-order valence-electron chi connectivity index (χ0n) is 8.86. The normalized spacial score (nSPS) is 13.7. The van der Waals surface area contributed by atoms with Crippen LogP contribution in [0.5, 0.6) is 0 Å². The van der Waals surface area contributed by atoms with Gasteiger partial charge in [0.1, 0.15) is 0 Å². The first-order valence-corrected chi connectivity index (χ1v) is 4.81. The molecule has 2 nitrogen and oxygen atoms in total. The third-order valence-corrected chi connectivity index (χ3v) is 1.79. The SMILES string of the molecule is CCCN(CCC)/C(F)=C(\N)C(F)(F)F. The Bertz CT molecular complexity index is 217. The van der Waals surface area contributed by atoms with Gasteiger partial charge in [0.05, 0.1) is 0 Å². The lowest BCUT2D eigenvalue weighted by Gasteiger charge is -2.23. The molecule has 0 amide bonds. The molecule has 0 aromatic rings. The van der Waals surface area contributed by atoms with E-state index in [2.05, 4.69) is 0 Å². The van der Waals surface area contributed by atoms with Gasteiger partial charge in [0.25, 0.3) is 0 Å². The second-order valence-corrected chi connectivity index (χ2v) is 3.19. The maximum atomic E-state index is 13.3. The van der Waals surface area contributed by atoms with Crippen LogP contribution in [0.15, 0.2) is 11.6 Å². The van der Waals surface area contributed by atoms with E-state index in [0.29, 0.717) is 12.8 Å². The van der Waals surface area contributed by atoms with E-state index >= 15 is 0 Å². The Hall–Kier alpha value is -0.940. The number of nitrogens with zero attached hydrogens (tertiary/aromatic N) is 1. The molecule has 0 bridgehead atoms. The summed E-state index contributed by atoms with van der Waals surface area (Å²) in [6.07, 6.45) is -3.67. The average molecular weight is 228 g/mol. The van der Waals surface area contributed by atoms with Gasteiger partial charge < -0.3 is 10.6 Å². The Kier molecular flexibility index (Phi) is 5.46. The number of hydrogen-bond acceptors (Lipinski definition) is 2. The van der Waals surface area contributed by atoms with Gasteiger partial charge in [-0.05, 0) is 12.8 Å². The number of allylic oxidation sites excluding steroid dienone is 1. The zero-order valence-corrected chi connectivity index (χ0v) is 8.86. The van der Waals surface area contributed by atoms with E-state index in [-0.39, 0.29) is 13.1 Å². The van der Waals surface area contributed by atoms with E-state index < -0.39 is 17.8 Å². The molecule has 90 valence electrons. The molecule has 0 aromatic heterocycles. The van der Waals surface area contributed by atoms with Crippen molar-refractivity contribution in [1.82, 2.24) is 4.90 Å². The highest BCUT2D eigenvalue weighted by Crippen LogP contribution is 2.26. The van der Waals surface area contributed by atoms with Crippen molar-refractivity contribution in [2.24, 2.45) is 5.73 Å². The van der Waals surface area contributed by atoms with Crippen LogP contribution in [0.2, 0.25) is 0 Å². The lowest BCUT2D eigenvalue weighted by Crippen LogP contribution is -2.30. The molecule has 0 aliphatic heterocycles. The van der Waals surface area contributed by atoms with Gasteiger partial charge in [-0.1, -0.05) is 13.8 Å². The van der Waals surface area contributed by atoms with Gasteiger partial charge in [-0.2, -0.15) is 17.6 Å². The summed E-state index contributed by atoms with van der Waals surface area (Å²) in [5, 5.41) is 0. The van der Waals surface area contributed by atoms with Crippen LogP contribution in [0.4, 0.5) is 17.6 Å². The van der Waals surface area contributed by atoms with Crippen LogP contribution < -0.4 is 5.73 Å². The van der Waals surface area contributed by atoms with Crippen molar-refractivity contribution in [2.75, 3.05) is 13.1 Å². The number of halogens is 4. The maximum Gasteiger partial charge on any atom is 0.435 e. The summed E-state index contributed by atoms with van der Waals surface area (Å²) in [6.45, 7) is 3.99. The van der Waals surface area contributed by atoms with Crippen LogP contribution in [0, 0.1) is 0 Å². The van der Waals surface area contributed by atoms with E-state index in [1.165, 1.54) is 0 Å². The Morgan fingerprint density at radius 3 is 1.80 bits per heavy atom. The summed E-state index contributed by atoms with van der Waals surface area (Å²) in [4.78, 5) is 1.02. The Morgan fingerprint density at radius 1 is 1.13 bits per heavy atom. The molecule has 0 aromatic carbocycles. The van der Waals surface area contributed by atoms with Crippen LogP contribution in [-0.2, 0) is 0 Å². The second-order valence-electron chi connectivity index (χ2n) is 3.19. The molecule has 0 spiro atoms. The summed E-state index contributed by atoms with van der Waals surface area (Å²) in [5.74, 6) is -1.37. The number of alkyl halides is 3. The Balaban J connectivity index is 4.80. The molecule has 2 N–H and O–H groups in total. The fourth-order valence-electron chi connectivity index (χ4n) is 1.14. The van der Waals surface area contributed by atoms with E-state index in [0.717, 1.165) is 4.90 Å². The van der Waals surface area contributed by atoms with Crippen LogP contribution in [0.25, 0.3) is 0 Å². The summed E-state index contributed by atoms with van der Waals surface area (Å²) in [5.41, 5.74) is 3.04. The molecule has 0 aliphatic carbocycles. The molecule has 0 radical (unpaired) electrons. The van der Waals surface area contributed by atoms with Gasteiger partial charge in [-0.3, -0.25) is 0 Å². The van der Waals surface area contributed by atoms with Crippen molar-refractivity contribution in [3.05, 3.63) is 11.6 Å². The minimum Gasteiger partial charge on any atom is -0.391 e. The van der Waals surface area contributed by atoms with E-state index in [4.69, 9.17) is 5.73 Å². The third kappa shape index (κ3) is 4.40. The van der Waals surface area contributed by atoms with Gasteiger partial charge >= 0.3 is 6.18 Å². The highest BCUT2D eigenvalue weighted by atomic mass is 19.4. The zero-order chi connectivity index (χ0) is 12.1. The predicted molar refractivity (Wildman–Crippen MR) is 50.5 cm³/mol. The molecule has 0 aliphatic rings. The maximum absolute atomic E-state index is 13.3. The quantitative estimate of drug-likeness (QED) is 0.579. The summed E-state index contributed by atoms with van der Waals surface area (Å²) >= 11 is 0. The lowest BCUT2D eigenvalue weighted by atomic mass is 10.3. The highest BCUT2D eigenvalue weighted by molar-refractivity contribution is 5.08. The monoisotopic (exact) mass is 228 g/mol. The van der Waals surface area contributed by atoms with Crippen molar-refractivity contribution in [2.45, 2.75) is 32.9 Å². The third-order valence-electron chi connectivity index (χ3n) is 1.79. The average Bonchev–Trinajstić information content (AvgIpc) is 2.14. The summed E-state index contributed by atoms with van der Waals surface area (Å²) in [7, 11) is 0. The summed E-state index contributed by atoms with van der Waals surface area (Å²) in [6, 6.07) is 0. The molecule has 15 heavy (non-hydrogen) atoms. The molecular weight excluding hydrogens is 212 g/mol. The fraction of sp³-hybridized carbons (Fsp3) is 0.778. The second kappa shape index (κ2) is 5.82. The fourth-order valence-corrected chi connectivity index (χ4v) is 1.14. The first-order chi connectivity index (χ1) is 6.84. The molecule has 0 rings (SSSR count). The van der Waals surface area contributed by atoms with Crippen LogP contribution >= 0.6 is 0 Å². The Labute approximate surface area is 86.7 Å². The molecule has 0 atom stereocenters. The minimum atomic E-state index is -4.80. The van der Waals surface area contributed by atoms with Crippen molar-refractivity contribution in [1.29, 1.82) is 0 Å². The van der Waals surface area contributed by atoms with Crippen molar-refractivity contribution < 1.29 is 17.6 Å². The molecule has 0 saturated heterocycles. The summed E-state index contributed by atoms with van der Waals surface area (Å²) < 4.78 is 49.6. The minimum absolute atomic E-state index is 0.233. The van der Waals surface area contributed by atoms with Gasteiger partial charge in [0.2, 0.25) is 5.95 Å². The van der Waals surface area contributed by atoms with Crippen LogP contribution in [0.1, 0.15) is 26.7 Å². The van der Waals surface area contributed by atoms with Crippen LogP contribution in [-0.4, -0.2) is 24.2 Å². The number of hydrogen-bond donors (Lipinski definition) is 1. The van der Waals surface area contributed by atoms with Crippen molar-refractivity contribution >= 4 is 0 Å². The van der Waals surface area contributed by atoms with Gasteiger partial charge in [-0.25, -0.2) is 0 Å². The smallest absolute Gasteiger partial charge is 0.391 e. The van der Waals surface area contributed by atoms with Crippen LogP contribution in [0.3, 0.4) is 0 Å². The standard InChI is InChI=1S/C9H16F4N2/c1-3-5-15(6-4-2)8(10)7(14)9(11,12)13/h3-6,14H2,1-2H3/b8-7-. The van der Waals surface area contributed by atoms with E-state index in [1.807, 2.05) is 0 Å². The lowest BCUT2D eigenvalue weighted by molar-refractivity contribution is -0.0966. The molecule has 0 fully saturated rings. The van der Waals surface area contributed by atoms with Gasteiger partial charge in [0, 0.05) is 13.1 Å². The van der Waals surface area contributed by atoms with Crippen molar-refractivity contribution in [3.63, 3.8) is 0 Å². The van der Waals surface area contributed by atoms with Gasteiger partial charge in [-0.15, -0.1) is 0 Å². The molecule has 0 heterocycles. The first-order valence-electron chi connectivity index (χ1n) is 4.81. The molecule has 0 saturated carbocycles. The van der Waals surface area contributed by atoms with Crippen molar-refractivity contribution in [3.8, 4) is 0 Å². The van der Waals surface area contributed by atoms with E-state index in [1.54, 1.807) is 13.8 Å². The van der Waals surface area contributed by atoms with Gasteiger partial charge in [0.15, 0.2) is 5.70 Å². The largest absolute Gasteiger partial charge is 0.435 e. The number of rotatable bonds is 5. The predicted octanol–water partition coefficient (Wildman–Crippen LogP) is 2.77.